The third-order valence-corrected chi connectivity index (χ3v) is 4.76. The molecule has 0 aromatic rings. The minimum Gasteiger partial charge on any atom is -0.358 e. The fraction of sp³-hybridized carbons (Fsp3) is 0.909. The summed E-state index contributed by atoms with van der Waals surface area (Å²) in [4.78, 5) is 11.1. The zero-order valence-electron chi connectivity index (χ0n) is 11.1. The van der Waals surface area contributed by atoms with Crippen molar-refractivity contribution >= 4 is 15.7 Å². The molecule has 0 radical (unpaired) electrons. The summed E-state index contributed by atoms with van der Waals surface area (Å²) < 4.78 is 23.5. The molecule has 0 aliphatic carbocycles. The third kappa shape index (κ3) is 6.63. The lowest BCUT2D eigenvalue weighted by Gasteiger charge is -2.17. The normalized spacial score (nSPS) is 15.3. The third-order valence-electron chi connectivity index (χ3n) is 2.70. The van der Waals surface area contributed by atoms with Gasteiger partial charge in [0.15, 0.2) is 9.84 Å². The minimum atomic E-state index is -3.36. The Hall–Kier alpha value is -0.620. The fourth-order valence-electron chi connectivity index (χ4n) is 1.43. The molecule has 2 atom stereocenters. The van der Waals surface area contributed by atoms with Gasteiger partial charge in [0, 0.05) is 19.6 Å². The molecule has 2 unspecified atom stereocenters. The maximum Gasteiger partial charge on any atom is 0.234 e. The Kier molecular flexibility index (Phi) is 7.38. The summed E-state index contributed by atoms with van der Waals surface area (Å²) in [5, 5.41) is 4.95. The van der Waals surface area contributed by atoms with Gasteiger partial charge in [0.25, 0.3) is 0 Å². The number of amides is 1. The molecule has 0 aliphatic rings. The standard InChI is InChI=1S/C11H24N2O3S/c1-5-6-9(2)13-7-10(3)17(15,16)8-11(14)12-4/h9-10,13H,5-8H2,1-4H3,(H,12,14). The molecule has 0 saturated heterocycles. The fourth-order valence-corrected chi connectivity index (χ4v) is 2.57. The van der Waals surface area contributed by atoms with Gasteiger partial charge in [-0.2, -0.15) is 0 Å². The second kappa shape index (κ2) is 7.66. The Bertz CT molecular complexity index is 328. The highest BCUT2D eigenvalue weighted by molar-refractivity contribution is 7.92. The highest BCUT2D eigenvalue weighted by Gasteiger charge is 2.23. The Morgan fingerprint density at radius 2 is 1.88 bits per heavy atom. The maximum absolute atomic E-state index is 11.8. The van der Waals surface area contributed by atoms with Crippen LogP contribution in [0.3, 0.4) is 0 Å². The average Bonchev–Trinajstić information content (AvgIpc) is 2.25. The van der Waals surface area contributed by atoms with E-state index < -0.39 is 26.7 Å². The van der Waals surface area contributed by atoms with Crippen LogP contribution in [-0.2, 0) is 14.6 Å². The number of sulfone groups is 1. The second-order valence-electron chi connectivity index (χ2n) is 4.39. The summed E-state index contributed by atoms with van der Waals surface area (Å²) in [5.41, 5.74) is 0. The van der Waals surface area contributed by atoms with Crippen LogP contribution in [0.4, 0.5) is 0 Å². The van der Waals surface area contributed by atoms with E-state index in [1.165, 1.54) is 7.05 Å². The molecule has 102 valence electrons. The molecule has 0 rings (SSSR count). The van der Waals surface area contributed by atoms with E-state index in [1.807, 2.05) is 6.92 Å². The SMILES string of the molecule is CCCC(C)NCC(C)S(=O)(=O)CC(=O)NC. The van der Waals surface area contributed by atoms with Crippen molar-refractivity contribution < 1.29 is 13.2 Å². The Balaban J connectivity index is 4.20. The van der Waals surface area contributed by atoms with Crippen molar-refractivity contribution in [3.63, 3.8) is 0 Å². The molecule has 0 aromatic carbocycles. The molecule has 0 aromatic heterocycles. The van der Waals surface area contributed by atoms with Crippen LogP contribution in [0.2, 0.25) is 0 Å². The van der Waals surface area contributed by atoms with E-state index in [2.05, 4.69) is 17.6 Å². The summed E-state index contributed by atoms with van der Waals surface area (Å²) in [5.74, 6) is -0.896. The molecular weight excluding hydrogens is 240 g/mol. The average molecular weight is 264 g/mol. The summed E-state index contributed by atoms with van der Waals surface area (Å²) in [6, 6.07) is 0.303. The highest BCUT2D eigenvalue weighted by atomic mass is 32.2. The zero-order chi connectivity index (χ0) is 13.5. The molecular formula is C11H24N2O3S. The number of hydrogen-bond acceptors (Lipinski definition) is 4. The summed E-state index contributed by atoms with van der Waals surface area (Å²) in [6.07, 6.45) is 2.08. The molecule has 0 spiro atoms. The first-order valence-electron chi connectivity index (χ1n) is 5.99. The number of hydrogen-bond donors (Lipinski definition) is 2. The van der Waals surface area contributed by atoms with Gasteiger partial charge in [-0.3, -0.25) is 4.79 Å². The van der Waals surface area contributed by atoms with E-state index in [0.29, 0.717) is 12.6 Å². The molecule has 0 fully saturated rings. The van der Waals surface area contributed by atoms with Gasteiger partial charge in [0.1, 0.15) is 5.75 Å². The number of carbonyl (C=O) groups is 1. The van der Waals surface area contributed by atoms with Crippen LogP contribution in [0, 0.1) is 0 Å². The molecule has 0 heterocycles. The molecule has 0 aliphatic heterocycles. The first-order valence-corrected chi connectivity index (χ1v) is 7.70. The van der Waals surface area contributed by atoms with E-state index in [0.717, 1.165) is 12.8 Å². The number of nitrogens with one attached hydrogen (secondary N) is 2. The van der Waals surface area contributed by atoms with Crippen molar-refractivity contribution in [3.8, 4) is 0 Å². The van der Waals surface area contributed by atoms with Crippen molar-refractivity contribution in [2.75, 3.05) is 19.3 Å². The molecule has 2 N–H and O–H groups in total. The zero-order valence-corrected chi connectivity index (χ0v) is 11.9. The van der Waals surface area contributed by atoms with E-state index in [9.17, 15) is 13.2 Å². The smallest absolute Gasteiger partial charge is 0.234 e. The number of carbonyl (C=O) groups excluding carboxylic acids is 1. The van der Waals surface area contributed by atoms with E-state index >= 15 is 0 Å². The van der Waals surface area contributed by atoms with Crippen molar-refractivity contribution in [1.82, 2.24) is 10.6 Å². The van der Waals surface area contributed by atoms with Gasteiger partial charge in [-0.1, -0.05) is 13.3 Å². The van der Waals surface area contributed by atoms with E-state index in [-0.39, 0.29) is 0 Å². The minimum absolute atomic E-state index is 0.303. The van der Waals surface area contributed by atoms with Crippen LogP contribution in [0.15, 0.2) is 0 Å². The lowest BCUT2D eigenvalue weighted by Crippen LogP contribution is -2.39. The van der Waals surface area contributed by atoms with Crippen LogP contribution >= 0.6 is 0 Å². The number of rotatable bonds is 8. The van der Waals surface area contributed by atoms with Gasteiger partial charge in [-0.15, -0.1) is 0 Å². The van der Waals surface area contributed by atoms with E-state index in [4.69, 9.17) is 0 Å². The van der Waals surface area contributed by atoms with E-state index in [1.54, 1.807) is 6.92 Å². The van der Waals surface area contributed by atoms with Gasteiger partial charge in [-0.05, 0) is 20.3 Å². The summed E-state index contributed by atoms with van der Waals surface area (Å²) in [6.45, 7) is 6.13. The Morgan fingerprint density at radius 1 is 1.29 bits per heavy atom. The van der Waals surface area contributed by atoms with Crippen molar-refractivity contribution in [2.24, 2.45) is 0 Å². The van der Waals surface area contributed by atoms with Gasteiger partial charge < -0.3 is 10.6 Å². The van der Waals surface area contributed by atoms with Crippen LogP contribution < -0.4 is 10.6 Å². The molecule has 1 amide bonds. The topological polar surface area (TPSA) is 75.3 Å². The van der Waals surface area contributed by atoms with Crippen LogP contribution in [0.5, 0.6) is 0 Å². The molecule has 5 nitrogen and oxygen atoms in total. The van der Waals surface area contributed by atoms with Gasteiger partial charge in [0.2, 0.25) is 5.91 Å². The molecule has 17 heavy (non-hydrogen) atoms. The van der Waals surface area contributed by atoms with Crippen molar-refractivity contribution in [1.29, 1.82) is 0 Å². The monoisotopic (exact) mass is 264 g/mol. The first kappa shape index (κ1) is 16.4. The lowest BCUT2D eigenvalue weighted by atomic mass is 10.2. The van der Waals surface area contributed by atoms with Gasteiger partial charge in [0.05, 0.1) is 5.25 Å². The molecule has 6 heteroatoms. The first-order chi connectivity index (χ1) is 7.83. The summed E-state index contributed by atoms with van der Waals surface area (Å²) in [7, 11) is -1.92. The van der Waals surface area contributed by atoms with Crippen molar-refractivity contribution in [2.45, 2.75) is 44.9 Å². The van der Waals surface area contributed by atoms with Crippen LogP contribution in [-0.4, -0.2) is 45.0 Å². The Morgan fingerprint density at radius 3 is 2.35 bits per heavy atom. The van der Waals surface area contributed by atoms with Crippen LogP contribution in [0.25, 0.3) is 0 Å². The van der Waals surface area contributed by atoms with Gasteiger partial charge >= 0.3 is 0 Å². The van der Waals surface area contributed by atoms with Crippen molar-refractivity contribution in [3.05, 3.63) is 0 Å². The predicted octanol–water partition coefficient (Wildman–Crippen LogP) is 0.314. The highest BCUT2D eigenvalue weighted by Crippen LogP contribution is 2.02. The van der Waals surface area contributed by atoms with Gasteiger partial charge in [-0.25, -0.2) is 8.42 Å². The molecule has 0 saturated carbocycles. The second-order valence-corrected chi connectivity index (χ2v) is 6.81. The Labute approximate surface area is 104 Å². The summed E-state index contributed by atoms with van der Waals surface area (Å²) >= 11 is 0. The maximum atomic E-state index is 11.8. The lowest BCUT2D eigenvalue weighted by molar-refractivity contribution is -0.118. The largest absolute Gasteiger partial charge is 0.358 e. The predicted molar refractivity (Wildman–Crippen MR) is 69.7 cm³/mol. The molecule has 0 bridgehead atoms. The van der Waals surface area contributed by atoms with Crippen LogP contribution in [0.1, 0.15) is 33.6 Å². The quantitative estimate of drug-likeness (QED) is 0.662.